The first kappa shape index (κ1) is 25.3. The van der Waals surface area contributed by atoms with Crippen molar-refractivity contribution < 1.29 is 31.5 Å². The zero-order valence-corrected chi connectivity index (χ0v) is 21.0. The monoisotopic (exact) mass is 573 g/mol. The van der Waals surface area contributed by atoms with Crippen molar-refractivity contribution in [2.45, 2.75) is 25.3 Å². The van der Waals surface area contributed by atoms with Gasteiger partial charge in [0, 0.05) is 43.0 Å². The van der Waals surface area contributed by atoms with E-state index >= 15 is 0 Å². The van der Waals surface area contributed by atoms with E-state index in [1.807, 2.05) is 6.07 Å². The molecule has 2 N–H and O–H groups in total. The lowest BCUT2D eigenvalue weighted by atomic mass is 10.0. The molecule has 1 fully saturated rings. The summed E-state index contributed by atoms with van der Waals surface area (Å²) < 4.78 is 77.2. The molecular weight excluding hydrogens is 553 g/mol. The number of aromatic amines is 2. The zero-order chi connectivity index (χ0) is 28.7. The Balaban J connectivity index is 1.29. The fraction of sp³-hybridized carbons (Fsp3) is 0.269. The number of rotatable bonds is 2. The second kappa shape index (κ2) is 8.67. The van der Waals surface area contributed by atoms with Crippen LogP contribution in [-0.4, -0.2) is 71.8 Å². The first-order valence-electron chi connectivity index (χ1n) is 12.5. The molecule has 0 unspecified atom stereocenters. The first-order valence-corrected chi connectivity index (χ1v) is 12.5. The van der Waals surface area contributed by atoms with Gasteiger partial charge in [-0.2, -0.15) is 17.6 Å². The van der Waals surface area contributed by atoms with E-state index in [2.05, 4.69) is 19.9 Å². The van der Waals surface area contributed by atoms with Gasteiger partial charge in [0.25, 0.3) is 5.56 Å². The lowest BCUT2D eigenvalue weighted by Crippen LogP contribution is -2.59. The van der Waals surface area contributed by atoms with Crippen molar-refractivity contribution in [2.75, 3.05) is 19.6 Å². The minimum atomic E-state index is -4.22. The van der Waals surface area contributed by atoms with Crippen LogP contribution in [-0.2, 0) is 17.8 Å². The third-order valence-corrected chi connectivity index (χ3v) is 7.30. The molecule has 5 aromatic rings. The maximum atomic E-state index is 15.0. The lowest BCUT2D eigenvalue weighted by Gasteiger charge is -2.39. The topological polar surface area (TPSA) is 104 Å². The predicted octanol–water partition coefficient (Wildman–Crippen LogP) is 4.23. The Morgan fingerprint density at radius 1 is 1.02 bits per heavy atom. The molecule has 10 nitrogen and oxygen atoms in total. The van der Waals surface area contributed by atoms with Crippen LogP contribution in [0.2, 0.25) is 0 Å². The number of pyridine rings is 1. The summed E-state index contributed by atoms with van der Waals surface area (Å²) in [5.74, 6) is -0.639. The highest BCUT2D eigenvalue weighted by Crippen LogP contribution is 2.38. The number of carbonyl (C=O) groups is 1. The molecule has 1 saturated heterocycles. The molecule has 2 amide bonds. The molecule has 4 aromatic heterocycles. The zero-order valence-electron chi connectivity index (χ0n) is 21.0. The number of halogens is 5. The van der Waals surface area contributed by atoms with Crippen molar-refractivity contribution in [3.8, 4) is 22.5 Å². The van der Waals surface area contributed by atoms with Crippen molar-refractivity contribution in [3.05, 3.63) is 70.7 Å². The van der Waals surface area contributed by atoms with Crippen LogP contribution in [0.1, 0.15) is 5.56 Å². The highest BCUT2D eigenvalue weighted by atomic mass is 19.3. The Kier molecular flexibility index (Phi) is 5.35. The Hall–Kier alpha value is -4.66. The van der Waals surface area contributed by atoms with Gasteiger partial charge >= 0.3 is 18.2 Å². The number of ether oxygens (including phenoxy) is 1. The lowest BCUT2D eigenvalue weighted by molar-refractivity contribution is -0.400. The molecule has 0 atom stereocenters. The molecule has 0 radical (unpaired) electrons. The summed E-state index contributed by atoms with van der Waals surface area (Å²) in [6.45, 7) is -2.76. The number of nitrogens with zero attached hydrogens (tertiary/aromatic N) is 5. The molecular formula is C26H20F5N7O3. The SMILES string of the molecule is O=C(N1CCn2cc(-c3[nH][nH]c(=O)c3-c3cnc4ccccn34)c3cc(F)cc(c32)C1)N1CC(F)(F)OC(F)(F)C1. The number of hydrogen-bond donors (Lipinski definition) is 2. The summed E-state index contributed by atoms with van der Waals surface area (Å²) in [7, 11) is 0. The fourth-order valence-electron chi connectivity index (χ4n) is 5.70. The second-order valence-electron chi connectivity index (χ2n) is 10.0. The normalized spacial score (nSPS) is 18.3. The highest BCUT2D eigenvalue weighted by molar-refractivity contribution is 6.00. The number of carbonyl (C=O) groups excluding carboxylic acids is 1. The molecule has 7 rings (SSSR count). The Bertz CT molecular complexity index is 1890. The average molecular weight is 573 g/mol. The maximum Gasteiger partial charge on any atom is 0.377 e. The van der Waals surface area contributed by atoms with Crippen LogP contribution in [0.4, 0.5) is 26.7 Å². The van der Waals surface area contributed by atoms with Crippen LogP contribution in [0.5, 0.6) is 0 Å². The quantitative estimate of drug-likeness (QED) is 0.309. The van der Waals surface area contributed by atoms with Crippen LogP contribution < -0.4 is 5.56 Å². The Labute approximate surface area is 226 Å². The van der Waals surface area contributed by atoms with Gasteiger partial charge < -0.3 is 14.4 Å². The van der Waals surface area contributed by atoms with E-state index in [0.717, 1.165) is 4.90 Å². The standard InChI is InChI=1S/C26H20F5N7O3/c27-15-7-14-10-36(24(40)37-12-25(28,29)41-26(30,31)13-37)6-5-35-11-17(16(8-15)22(14)35)21-20(23(39)34-33-21)18-9-32-19-3-1-2-4-38(18)19/h1-4,7-9,11H,5-6,10,12-13H2,(H2,33,34,39). The molecule has 6 heterocycles. The number of imidazole rings is 1. The molecule has 212 valence electrons. The number of alkyl halides is 4. The molecule has 0 saturated carbocycles. The van der Waals surface area contributed by atoms with E-state index in [1.165, 1.54) is 12.1 Å². The van der Waals surface area contributed by atoms with Crippen molar-refractivity contribution in [2.24, 2.45) is 0 Å². The van der Waals surface area contributed by atoms with Gasteiger partial charge in [-0.1, -0.05) is 6.07 Å². The maximum absolute atomic E-state index is 15.0. The second-order valence-corrected chi connectivity index (χ2v) is 10.0. The molecule has 2 aliphatic heterocycles. The van der Waals surface area contributed by atoms with Gasteiger partial charge in [0.05, 0.1) is 28.7 Å². The van der Waals surface area contributed by atoms with Crippen LogP contribution in [0, 0.1) is 5.82 Å². The van der Waals surface area contributed by atoms with Crippen LogP contribution >= 0.6 is 0 Å². The van der Waals surface area contributed by atoms with Gasteiger partial charge in [-0.05, 0) is 29.8 Å². The van der Waals surface area contributed by atoms with Gasteiger partial charge in [0.2, 0.25) is 0 Å². The summed E-state index contributed by atoms with van der Waals surface area (Å²) in [4.78, 5) is 31.9. The number of amides is 2. The highest BCUT2D eigenvalue weighted by Gasteiger charge is 2.53. The number of nitrogens with one attached hydrogen (secondary N) is 2. The molecule has 0 spiro atoms. The van der Waals surface area contributed by atoms with Gasteiger partial charge in [0.1, 0.15) is 24.6 Å². The number of benzene rings is 1. The summed E-state index contributed by atoms with van der Waals surface area (Å²) in [5.41, 5.74) is 2.82. The number of urea groups is 1. The molecule has 0 bridgehead atoms. The fourth-order valence-corrected chi connectivity index (χ4v) is 5.70. The van der Waals surface area contributed by atoms with E-state index in [4.69, 9.17) is 0 Å². The van der Waals surface area contributed by atoms with Crippen LogP contribution in [0.3, 0.4) is 0 Å². The predicted molar refractivity (Wildman–Crippen MR) is 135 cm³/mol. The van der Waals surface area contributed by atoms with Gasteiger partial charge in [-0.15, -0.1) is 0 Å². The summed E-state index contributed by atoms with van der Waals surface area (Å²) in [6.07, 6.45) is -3.42. The number of H-pyrrole nitrogens is 2. The third kappa shape index (κ3) is 4.15. The van der Waals surface area contributed by atoms with E-state index in [-0.39, 0.29) is 25.2 Å². The minimum absolute atomic E-state index is 0.0311. The number of hydrogen-bond acceptors (Lipinski definition) is 4. The number of aromatic nitrogens is 5. The van der Waals surface area contributed by atoms with E-state index in [0.29, 0.717) is 44.0 Å². The van der Waals surface area contributed by atoms with Gasteiger partial charge in [-0.3, -0.25) is 24.1 Å². The molecule has 1 aromatic carbocycles. The third-order valence-electron chi connectivity index (χ3n) is 7.30. The Morgan fingerprint density at radius 2 is 1.80 bits per heavy atom. The van der Waals surface area contributed by atoms with Crippen LogP contribution in [0.25, 0.3) is 39.1 Å². The van der Waals surface area contributed by atoms with Crippen molar-refractivity contribution in [1.82, 2.24) is 33.9 Å². The Morgan fingerprint density at radius 3 is 2.59 bits per heavy atom. The van der Waals surface area contributed by atoms with E-state index in [1.54, 1.807) is 39.7 Å². The van der Waals surface area contributed by atoms with Crippen molar-refractivity contribution >= 4 is 22.6 Å². The number of morpholine rings is 1. The largest absolute Gasteiger partial charge is 0.377 e. The molecule has 41 heavy (non-hydrogen) atoms. The first-order chi connectivity index (χ1) is 19.5. The smallest absolute Gasteiger partial charge is 0.345 e. The summed E-state index contributed by atoms with van der Waals surface area (Å²) in [5, 5.41) is 5.92. The molecule has 15 heteroatoms. The number of fused-ring (bicyclic) bond motifs is 1. The van der Waals surface area contributed by atoms with Gasteiger partial charge in [-0.25, -0.2) is 14.2 Å². The van der Waals surface area contributed by atoms with Crippen molar-refractivity contribution in [1.29, 1.82) is 0 Å². The minimum Gasteiger partial charge on any atom is -0.345 e. The van der Waals surface area contributed by atoms with Crippen LogP contribution in [0.15, 0.2) is 53.7 Å². The molecule has 0 aliphatic carbocycles. The molecule has 2 aliphatic rings. The van der Waals surface area contributed by atoms with Gasteiger partial charge in [0.15, 0.2) is 0 Å². The van der Waals surface area contributed by atoms with E-state index < -0.39 is 42.7 Å². The van der Waals surface area contributed by atoms with E-state index in [9.17, 15) is 31.5 Å². The summed E-state index contributed by atoms with van der Waals surface area (Å²) >= 11 is 0. The summed E-state index contributed by atoms with van der Waals surface area (Å²) in [6, 6.07) is 6.87. The van der Waals surface area contributed by atoms with Crippen molar-refractivity contribution in [3.63, 3.8) is 0 Å². The average Bonchev–Trinajstić information content (AvgIpc) is 3.55.